The number of piperidine rings is 1. The average Bonchev–Trinajstić information content (AvgIpc) is 2.79. The van der Waals surface area contributed by atoms with Crippen molar-refractivity contribution in [3.05, 3.63) is 48.5 Å². The van der Waals surface area contributed by atoms with Crippen molar-refractivity contribution in [2.24, 2.45) is 0 Å². The summed E-state index contributed by atoms with van der Waals surface area (Å²) in [6.07, 6.45) is 0.222. The van der Waals surface area contributed by atoms with Crippen LogP contribution in [0.5, 0.6) is 17.2 Å². The number of hydrogen-bond donors (Lipinski definition) is 2. The van der Waals surface area contributed by atoms with Gasteiger partial charge in [-0.2, -0.15) is 0 Å². The average molecular weight is 435 g/mol. The van der Waals surface area contributed by atoms with Crippen LogP contribution in [0.4, 0.5) is 0 Å². The van der Waals surface area contributed by atoms with Gasteiger partial charge in [-0.1, -0.05) is 6.92 Å². The number of nitrogens with zero attached hydrogens (tertiary/aromatic N) is 1. The summed E-state index contributed by atoms with van der Waals surface area (Å²) in [6, 6.07) is 12.9. The molecule has 1 heterocycles. The number of benzene rings is 2. The monoisotopic (exact) mass is 434 g/mol. The number of carbonyl (C=O) groups is 1. The van der Waals surface area contributed by atoms with Gasteiger partial charge in [0.25, 0.3) is 5.91 Å². The smallest absolute Gasteiger partial charge is 0.265 e. The number of nitrogens with one attached hydrogen (secondary N) is 1. The third-order valence-electron chi connectivity index (χ3n) is 5.57. The number of carbonyl (C=O) groups excluding carboxylic acids is 1. The van der Waals surface area contributed by atoms with E-state index in [4.69, 9.17) is 9.47 Å². The highest BCUT2D eigenvalue weighted by Crippen LogP contribution is 2.36. The summed E-state index contributed by atoms with van der Waals surface area (Å²) in [5.41, 5.74) is 1.57. The SMILES string of the molecule is CCN1CCC(C(=O)NO)(S(=O)(=O)c2ccc(Oc3ccc(OC)cc3)cc2)CC1. The van der Waals surface area contributed by atoms with Gasteiger partial charge in [-0.15, -0.1) is 0 Å². The molecule has 1 aliphatic rings. The Labute approximate surface area is 176 Å². The largest absolute Gasteiger partial charge is 0.497 e. The van der Waals surface area contributed by atoms with E-state index in [0.717, 1.165) is 6.54 Å². The fourth-order valence-corrected chi connectivity index (χ4v) is 5.60. The summed E-state index contributed by atoms with van der Waals surface area (Å²) in [4.78, 5) is 14.6. The van der Waals surface area contributed by atoms with Crippen LogP contribution in [0.3, 0.4) is 0 Å². The first kappa shape index (κ1) is 22.1. The van der Waals surface area contributed by atoms with E-state index in [1.54, 1.807) is 49.0 Å². The van der Waals surface area contributed by atoms with Crippen LogP contribution in [0.2, 0.25) is 0 Å². The van der Waals surface area contributed by atoms with Crippen molar-refractivity contribution >= 4 is 15.7 Å². The van der Waals surface area contributed by atoms with Crippen molar-refractivity contribution in [2.75, 3.05) is 26.7 Å². The van der Waals surface area contributed by atoms with Crippen molar-refractivity contribution in [3.8, 4) is 17.2 Å². The highest BCUT2D eigenvalue weighted by Gasteiger charge is 2.52. The van der Waals surface area contributed by atoms with E-state index in [1.807, 2.05) is 6.92 Å². The van der Waals surface area contributed by atoms with E-state index in [1.165, 1.54) is 12.1 Å². The molecule has 30 heavy (non-hydrogen) atoms. The minimum absolute atomic E-state index is 0.0122. The van der Waals surface area contributed by atoms with Crippen molar-refractivity contribution in [2.45, 2.75) is 29.4 Å². The second-order valence-electron chi connectivity index (χ2n) is 7.12. The lowest BCUT2D eigenvalue weighted by Gasteiger charge is -2.39. The molecule has 0 aromatic heterocycles. The fourth-order valence-electron chi connectivity index (χ4n) is 3.64. The second kappa shape index (κ2) is 9.03. The van der Waals surface area contributed by atoms with Gasteiger partial charge >= 0.3 is 0 Å². The van der Waals surface area contributed by atoms with E-state index in [-0.39, 0.29) is 17.7 Å². The Bertz CT molecular complexity index is 966. The van der Waals surface area contributed by atoms with Gasteiger partial charge in [-0.05, 0) is 67.9 Å². The van der Waals surface area contributed by atoms with Crippen molar-refractivity contribution in [1.82, 2.24) is 10.4 Å². The van der Waals surface area contributed by atoms with Gasteiger partial charge < -0.3 is 14.4 Å². The molecule has 162 valence electrons. The molecule has 2 N–H and O–H groups in total. The zero-order chi connectivity index (χ0) is 21.8. The number of ether oxygens (including phenoxy) is 2. The van der Waals surface area contributed by atoms with Crippen LogP contribution in [0.25, 0.3) is 0 Å². The lowest BCUT2D eigenvalue weighted by atomic mass is 9.95. The first-order chi connectivity index (χ1) is 14.4. The molecule has 0 spiro atoms. The third-order valence-corrected chi connectivity index (χ3v) is 8.09. The molecule has 9 heteroatoms. The summed E-state index contributed by atoms with van der Waals surface area (Å²) in [5.74, 6) is 0.845. The Hall–Kier alpha value is -2.62. The highest BCUT2D eigenvalue weighted by atomic mass is 32.2. The summed E-state index contributed by atoms with van der Waals surface area (Å²) in [6.45, 7) is 3.67. The Morgan fingerprint density at radius 2 is 1.53 bits per heavy atom. The predicted octanol–water partition coefficient (Wildman–Crippen LogP) is 2.62. The summed E-state index contributed by atoms with van der Waals surface area (Å²) in [5, 5.41) is 9.22. The topological polar surface area (TPSA) is 105 Å². The van der Waals surface area contributed by atoms with Gasteiger partial charge in [0.15, 0.2) is 14.6 Å². The van der Waals surface area contributed by atoms with Crippen molar-refractivity contribution in [3.63, 3.8) is 0 Å². The van der Waals surface area contributed by atoms with Crippen LogP contribution in [-0.2, 0) is 14.6 Å². The Kier molecular flexibility index (Phi) is 6.64. The van der Waals surface area contributed by atoms with E-state index in [2.05, 4.69) is 4.90 Å². The first-order valence-electron chi connectivity index (χ1n) is 9.70. The molecule has 1 fully saturated rings. The van der Waals surface area contributed by atoms with Crippen molar-refractivity contribution in [1.29, 1.82) is 0 Å². The van der Waals surface area contributed by atoms with Gasteiger partial charge in [0.05, 0.1) is 12.0 Å². The van der Waals surface area contributed by atoms with E-state index < -0.39 is 20.5 Å². The van der Waals surface area contributed by atoms with Gasteiger partial charge in [0, 0.05) is 13.1 Å². The molecule has 1 saturated heterocycles. The molecule has 2 aromatic carbocycles. The van der Waals surface area contributed by atoms with E-state index in [9.17, 15) is 18.4 Å². The number of amides is 1. The van der Waals surface area contributed by atoms with Gasteiger partial charge in [0.2, 0.25) is 0 Å². The second-order valence-corrected chi connectivity index (χ2v) is 9.38. The van der Waals surface area contributed by atoms with E-state index in [0.29, 0.717) is 30.3 Å². The van der Waals surface area contributed by atoms with Crippen LogP contribution in [0.15, 0.2) is 53.4 Å². The number of hydrogen-bond acceptors (Lipinski definition) is 7. The normalized spacial score (nSPS) is 16.6. The van der Waals surface area contributed by atoms with Gasteiger partial charge in [-0.3, -0.25) is 10.0 Å². The summed E-state index contributed by atoms with van der Waals surface area (Å²) in [7, 11) is -2.46. The molecule has 1 aliphatic heterocycles. The molecule has 8 nitrogen and oxygen atoms in total. The maximum Gasteiger partial charge on any atom is 0.265 e. The quantitative estimate of drug-likeness (QED) is 0.510. The highest BCUT2D eigenvalue weighted by molar-refractivity contribution is 7.93. The Morgan fingerprint density at radius 3 is 2.00 bits per heavy atom. The number of rotatable bonds is 7. The minimum Gasteiger partial charge on any atom is -0.497 e. The van der Waals surface area contributed by atoms with Gasteiger partial charge in [-0.25, -0.2) is 13.9 Å². The Balaban J connectivity index is 1.84. The molecule has 2 aromatic rings. The molecule has 3 rings (SSSR count). The first-order valence-corrected chi connectivity index (χ1v) is 11.2. The molecular formula is C21H26N2O6S. The zero-order valence-electron chi connectivity index (χ0n) is 17.0. The van der Waals surface area contributed by atoms with Crippen LogP contribution >= 0.6 is 0 Å². The van der Waals surface area contributed by atoms with Crippen LogP contribution in [0.1, 0.15) is 19.8 Å². The van der Waals surface area contributed by atoms with Crippen LogP contribution in [-0.4, -0.2) is 55.9 Å². The lowest BCUT2D eigenvalue weighted by molar-refractivity contribution is -0.133. The molecular weight excluding hydrogens is 408 g/mol. The third kappa shape index (κ3) is 4.14. The molecule has 0 radical (unpaired) electrons. The van der Waals surface area contributed by atoms with Crippen LogP contribution < -0.4 is 15.0 Å². The molecule has 0 bridgehead atoms. The number of hydroxylamine groups is 1. The van der Waals surface area contributed by atoms with Crippen molar-refractivity contribution < 1.29 is 27.9 Å². The zero-order valence-corrected chi connectivity index (χ0v) is 17.8. The van der Waals surface area contributed by atoms with Gasteiger partial charge in [0.1, 0.15) is 17.2 Å². The number of methoxy groups -OCH3 is 1. The number of sulfone groups is 1. The standard InChI is InChI=1S/C21H26N2O6S/c1-3-23-14-12-21(13-15-23,20(24)22-25)30(26,27)19-10-8-18(9-11-19)29-17-6-4-16(28-2)5-7-17/h4-11,25H,3,12-15H2,1-2H3,(H,22,24). The maximum absolute atomic E-state index is 13.4. The molecule has 0 aliphatic carbocycles. The fraction of sp³-hybridized carbons (Fsp3) is 0.381. The molecule has 0 atom stereocenters. The Morgan fingerprint density at radius 1 is 1.03 bits per heavy atom. The maximum atomic E-state index is 13.4. The number of likely N-dealkylation sites (tertiary alicyclic amines) is 1. The minimum atomic E-state index is -4.04. The summed E-state index contributed by atoms with van der Waals surface area (Å²) >= 11 is 0. The van der Waals surface area contributed by atoms with E-state index >= 15 is 0 Å². The summed E-state index contributed by atoms with van der Waals surface area (Å²) < 4.78 is 35.9. The molecule has 1 amide bonds. The molecule has 0 saturated carbocycles. The predicted molar refractivity (Wildman–Crippen MR) is 111 cm³/mol. The lowest BCUT2D eigenvalue weighted by Crippen LogP contribution is -2.57. The molecule has 0 unspecified atom stereocenters. The van der Waals surface area contributed by atoms with Crippen LogP contribution in [0, 0.1) is 0 Å².